The molecule has 0 saturated heterocycles. The van der Waals surface area contributed by atoms with Gasteiger partial charge in [-0.1, -0.05) is 18.2 Å². The van der Waals surface area contributed by atoms with Gasteiger partial charge in [0, 0.05) is 5.69 Å². The van der Waals surface area contributed by atoms with Gasteiger partial charge >= 0.3 is 0 Å². The molecule has 0 amide bonds. The first-order valence-corrected chi connectivity index (χ1v) is 7.45. The number of hydrogen-bond acceptors (Lipinski definition) is 3. The van der Waals surface area contributed by atoms with Crippen molar-refractivity contribution in [2.45, 2.75) is 20.0 Å². The third-order valence-corrected chi connectivity index (χ3v) is 3.41. The molecule has 0 aliphatic carbocycles. The smallest absolute Gasteiger partial charge is 0.193 e. The number of hydrogen-bond donors (Lipinski definition) is 3. The van der Waals surface area contributed by atoms with Crippen LogP contribution >= 0.6 is 0 Å². The molecule has 0 spiro atoms. The molecule has 0 heterocycles. The Hall–Kier alpha value is -2.53. The lowest BCUT2D eigenvalue weighted by Gasteiger charge is -2.11. The number of nitrogens with two attached hydrogens (primary N) is 1. The minimum absolute atomic E-state index is 0.177. The van der Waals surface area contributed by atoms with E-state index in [-0.39, 0.29) is 12.5 Å². The molecular formula is C18H23N3O2. The van der Waals surface area contributed by atoms with Crippen molar-refractivity contribution in [1.82, 2.24) is 0 Å². The molecule has 1 atom stereocenters. The van der Waals surface area contributed by atoms with Crippen LogP contribution in [-0.4, -0.2) is 24.7 Å². The van der Waals surface area contributed by atoms with E-state index < -0.39 is 6.10 Å². The van der Waals surface area contributed by atoms with E-state index >= 15 is 0 Å². The van der Waals surface area contributed by atoms with Crippen LogP contribution in [0.3, 0.4) is 0 Å². The van der Waals surface area contributed by atoms with Crippen LogP contribution in [0.25, 0.3) is 0 Å². The maximum absolute atomic E-state index is 10.2. The highest BCUT2D eigenvalue weighted by Gasteiger charge is 2.08. The van der Waals surface area contributed by atoms with Gasteiger partial charge in [0.1, 0.15) is 5.75 Å². The summed E-state index contributed by atoms with van der Waals surface area (Å²) in [4.78, 5) is 4.20. The Kier molecular flexibility index (Phi) is 5.60. The van der Waals surface area contributed by atoms with Crippen molar-refractivity contribution in [3.8, 4) is 5.75 Å². The molecule has 0 saturated carbocycles. The fraction of sp³-hybridized carbons (Fsp3) is 0.278. The standard InChI is InChI=1S/C18H23N3O2/c1-12-7-13(2)9-15(8-12)21-18(19)20-11-17(22)14-5-4-6-16(10-14)23-3/h4-10,17,22H,11H2,1-3H3,(H3,19,20,21). The highest BCUT2D eigenvalue weighted by Crippen LogP contribution is 2.19. The topological polar surface area (TPSA) is 79.9 Å². The van der Waals surface area contributed by atoms with Gasteiger partial charge in [0.25, 0.3) is 0 Å². The van der Waals surface area contributed by atoms with Crippen LogP contribution in [0.5, 0.6) is 5.75 Å². The number of aliphatic hydroxyl groups excluding tert-OH is 1. The summed E-state index contributed by atoms with van der Waals surface area (Å²) in [6.07, 6.45) is -0.732. The summed E-state index contributed by atoms with van der Waals surface area (Å²) in [7, 11) is 1.59. The summed E-state index contributed by atoms with van der Waals surface area (Å²) in [6, 6.07) is 13.4. The molecule has 122 valence electrons. The van der Waals surface area contributed by atoms with Gasteiger partial charge < -0.3 is 20.9 Å². The van der Waals surface area contributed by atoms with Gasteiger partial charge in [0.15, 0.2) is 5.96 Å². The minimum Gasteiger partial charge on any atom is -0.497 e. The van der Waals surface area contributed by atoms with Gasteiger partial charge in [-0.15, -0.1) is 0 Å². The van der Waals surface area contributed by atoms with Crippen LogP contribution in [0.4, 0.5) is 5.69 Å². The van der Waals surface area contributed by atoms with E-state index in [1.165, 1.54) is 0 Å². The molecule has 0 fully saturated rings. The second-order valence-electron chi connectivity index (χ2n) is 5.52. The van der Waals surface area contributed by atoms with Crippen molar-refractivity contribution in [2.75, 3.05) is 19.0 Å². The second kappa shape index (κ2) is 7.65. The van der Waals surface area contributed by atoms with Crippen molar-refractivity contribution in [2.24, 2.45) is 10.7 Å². The molecule has 0 bridgehead atoms. The van der Waals surface area contributed by atoms with Crippen molar-refractivity contribution >= 4 is 11.6 Å². The number of benzene rings is 2. The van der Waals surface area contributed by atoms with Gasteiger partial charge in [0.05, 0.1) is 19.8 Å². The maximum Gasteiger partial charge on any atom is 0.193 e. The lowest BCUT2D eigenvalue weighted by atomic mass is 10.1. The molecule has 2 aromatic rings. The summed E-state index contributed by atoms with van der Waals surface area (Å²) in [5, 5.41) is 13.2. The maximum atomic E-state index is 10.2. The molecule has 23 heavy (non-hydrogen) atoms. The molecule has 5 nitrogen and oxygen atoms in total. The van der Waals surface area contributed by atoms with E-state index in [0.29, 0.717) is 5.75 Å². The molecule has 5 heteroatoms. The number of aryl methyl sites for hydroxylation is 2. The number of guanidine groups is 1. The number of nitrogens with zero attached hydrogens (tertiary/aromatic N) is 1. The van der Waals surface area contributed by atoms with E-state index in [0.717, 1.165) is 22.4 Å². The summed E-state index contributed by atoms with van der Waals surface area (Å²) in [5.74, 6) is 0.976. The highest BCUT2D eigenvalue weighted by atomic mass is 16.5. The minimum atomic E-state index is -0.732. The average Bonchev–Trinajstić information content (AvgIpc) is 2.51. The average molecular weight is 313 g/mol. The summed E-state index contributed by atoms with van der Waals surface area (Å²) < 4.78 is 5.15. The van der Waals surface area contributed by atoms with E-state index in [1.54, 1.807) is 13.2 Å². The first-order chi connectivity index (χ1) is 11.0. The number of ether oxygens (including phenoxy) is 1. The second-order valence-corrected chi connectivity index (χ2v) is 5.52. The van der Waals surface area contributed by atoms with Crippen LogP contribution in [-0.2, 0) is 0 Å². The summed E-state index contributed by atoms with van der Waals surface area (Å²) in [6.45, 7) is 4.23. The van der Waals surface area contributed by atoms with Gasteiger partial charge in [-0.05, 0) is 54.8 Å². The lowest BCUT2D eigenvalue weighted by molar-refractivity contribution is 0.187. The lowest BCUT2D eigenvalue weighted by Crippen LogP contribution is -2.23. The molecule has 0 radical (unpaired) electrons. The van der Waals surface area contributed by atoms with Gasteiger partial charge in [-0.2, -0.15) is 0 Å². The SMILES string of the molecule is COc1cccc(C(O)CN=C(N)Nc2cc(C)cc(C)c2)c1. The molecule has 0 aromatic heterocycles. The molecule has 0 aliphatic heterocycles. The first-order valence-electron chi connectivity index (χ1n) is 7.45. The molecule has 4 N–H and O–H groups in total. The molecule has 0 aliphatic rings. The first kappa shape index (κ1) is 16.8. The van der Waals surface area contributed by atoms with Crippen molar-refractivity contribution in [1.29, 1.82) is 0 Å². The van der Waals surface area contributed by atoms with Crippen molar-refractivity contribution < 1.29 is 9.84 Å². The highest BCUT2D eigenvalue weighted by molar-refractivity contribution is 5.92. The quantitative estimate of drug-likeness (QED) is 0.586. The van der Waals surface area contributed by atoms with Crippen LogP contribution < -0.4 is 15.8 Å². The third-order valence-electron chi connectivity index (χ3n) is 3.41. The zero-order valence-electron chi connectivity index (χ0n) is 13.7. The molecule has 2 rings (SSSR count). The monoisotopic (exact) mass is 313 g/mol. The van der Waals surface area contributed by atoms with E-state index in [1.807, 2.05) is 44.2 Å². The predicted molar refractivity (Wildman–Crippen MR) is 94.0 cm³/mol. The Morgan fingerprint density at radius 1 is 1.22 bits per heavy atom. The largest absolute Gasteiger partial charge is 0.497 e. The zero-order chi connectivity index (χ0) is 16.8. The Morgan fingerprint density at radius 2 is 1.91 bits per heavy atom. The zero-order valence-corrected chi connectivity index (χ0v) is 13.7. The third kappa shape index (κ3) is 5.00. The van der Waals surface area contributed by atoms with Gasteiger partial charge in [-0.3, -0.25) is 4.99 Å². The Balaban J connectivity index is 2.00. The van der Waals surface area contributed by atoms with Crippen LogP contribution in [0.1, 0.15) is 22.8 Å². The van der Waals surface area contributed by atoms with E-state index in [4.69, 9.17) is 10.5 Å². The Labute approximate surface area is 136 Å². The number of aliphatic imine (C=N–C) groups is 1. The summed E-state index contributed by atoms with van der Waals surface area (Å²) >= 11 is 0. The molecule has 2 aromatic carbocycles. The van der Waals surface area contributed by atoms with Crippen molar-refractivity contribution in [3.63, 3.8) is 0 Å². The number of anilines is 1. The summed E-state index contributed by atoms with van der Waals surface area (Å²) in [5.41, 5.74) is 9.82. The number of methoxy groups -OCH3 is 1. The predicted octanol–water partition coefficient (Wildman–Crippen LogP) is 2.77. The fourth-order valence-electron chi connectivity index (χ4n) is 2.37. The van der Waals surface area contributed by atoms with Crippen LogP contribution in [0.2, 0.25) is 0 Å². The van der Waals surface area contributed by atoms with E-state index in [2.05, 4.69) is 16.4 Å². The number of nitrogens with one attached hydrogen (secondary N) is 1. The Bertz CT molecular complexity index is 678. The number of rotatable bonds is 5. The van der Waals surface area contributed by atoms with Gasteiger partial charge in [-0.25, -0.2) is 0 Å². The van der Waals surface area contributed by atoms with Crippen LogP contribution in [0.15, 0.2) is 47.5 Å². The fourth-order valence-corrected chi connectivity index (χ4v) is 2.37. The number of aliphatic hydroxyl groups is 1. The molecular weight excluding hydrogens is 290 g/mol. The normalized spacial score (nSPS) is 12.8. The van der Waals surface area contributed by atoms with Crippen molar-refractivity contribution in [3.05, 3.63) is 59.2 Å². The Morgan fingerprint density at radius 3 is 2.57 bits per heavy atom. The molecule has 1 unspecified atom stereocenters. The van der Waals surface area contributed by atoms with Crippen LogP contribution in [0, 0.1) is 13.8 Å². The van der Waals surface area contributed by atoms with Gasteiger partial charge in [0.2, 0.25) is 0 Å². The van der Waals surface area contributed by atoms with E-state index in [9.17, 15) is 5.11 Å².